The fourth-order valence-electron chi connectivity index (χ4n) is 6.40. The third-order valence-electron chi connectivity index (χ3n) is 8.85. The quantitative estimate of drug-likeness (QED) is 0.173. The molecule has 1 aromatic heterocycles. The van der Waals surface area contributed by atoms with Crippen molar-refractivity contribution in [2.24, 2.45) is 0 Å². The number of carboxylic acids is 1. The van der Waals surface area contributed by atoms with Gasteiger partial charge in [0.1, 0.15) is 0 Å². The van der Waals surface area contributed by atoms with E-state index in [-0.39, 0.29) is 0 Å². The van der Waals surface area contributed by atoms with Crippen LogP contribution in [-0.2, 0) is 16.6 Å². The Bertz CT molecular complexity index is 1150. The Balaban J connectivity index is 1.30. The van der Waals surface area contributed by atoms with Crippen molar-refractivity contribution < 1.29 is 9.90 Å². The van der Waals surface area contributed by atoms with E-state index in [1.807, 2.05) is 12.4 Å². The number of hydrogen-bond donors (Lipinski definition) is 1. The molecular weight excluding hydrogens is 492 g/mol. The Morgan fingerprint density at radius 2 is 1.27 bits per heavy atom. The number of unbranched alkanes of at least 4 members (excludes halogenated alkanes) is 8. The van der Waals surface area contributed by atoms with Crippen LogP contribution >= 0.6 is 0 Å². The van der Waals surface area contributed by atoms with Crippen LogP contribution in [0.4, 0.5) is 0 Å². The van der Waals surface area contributed by atoms with E-state index >= 15 is 0 Å². The van der Waals surface area contributed by atoms with E-state index in [0.717, 1.165) is 37.1 Å². The van der Waals surface area contributed by atoms with E-state index in [0.29, 0.717) is 11.8 Å². The zero-order valence-electron chi connectivity index (χ0n) is 24.5. The number of carboxylic acid groups (broad SMARTS) is 1. The lowest BCUT2D eigenvalue weighted by atomic mass is 9.74. The van der Waals surface area contributed by atoms with Crippen molar-refractivity contribution in [3.05, 3.63) is 72.1 Å². The zero-order chi connectivity index (χ0) is 28.0. The molecule has 3 aromatic rings. The van der Waals surface area contributed by atoms with Crippen LogP contribution in [0.25, 0.3) is 22.5 Å². The van der Waals surface area contributed by atoms with Crippen LogP contribution in [0.5, 0.6) is 0 Å². The molecule has 0 spiro atoms. The molecule has 0 amide bonds. The van der Waals surface area contributed by atoms with E-state index in [2.05, 4.69) is 65.4 Å². The van der Waals surface area contributed by atoms with Gasteiger partial charge in [-0.2, -0.15) is 0 Å². The summed E-state index contributed by atoms with van der Waals surface area (Å²) in [6.07, 6.45) is 23.7. The summed E-state index contributed by atoms with van der Waals surface area (Å²) in [6.45, 7) is 2.24. The second-order valence-corrected chi connectivity index (χ2v) is 11.9. The number of carbonyl (C=O) groups is 1. The van der Waals surface area contributed by atoms with Crippen LogP contribution in [-0.4, -0.2) is 21.0 Å². The van der Waals surface area contributed by atoms with Crippen molar-refractivity contribution >= 4 is 5.97 Å². The molecule has 0 unspecified atom stereocenters. The van der Waals surface area contributed by atoms with Gasteiger partial charge in [0.25, 0.3) is 0 Å². The highest BCUT2D eigenvalue weighted by Gasteiger charge is 2.34. The van der Waals surface area contributed by atoms with Crippen LogP contribution in [0, 0.1) is 0 Å². The molecule has 1 aliphatic carbocycles. The lowest BCUT2D eigenvalue weighted by Gasteiger charge is -2.30. The molecule has 1 heterocycles. The first kappa shape index (κ1) is 30.0. The minimum atomic E-state index is -0.672. The average molecular weight is 541 g/mol. The van der Waals surface area contributed by atoms with Gasteiger partial charge in [-0.1, -0.05) is 120 Å². The summed E-state index contributed by atoms with van der Waals surface area (Å²) in [4.78, 5) is 19.9. The summed E-state index contributed by atoms with van der Waals surface area (Å²) < 4.78 is 0. The predicted molar refractivity (Wildman–Crippen MR) is 165 cm³/mol. The predicted octanol–water partition coefficient (Wildman–Crippen LogP) is 9.95. The molecule has 1 aliphatic rings. The van der Waals surface area contributed by atoms with Crippen molar-refractivity contribution in [2.45, 2.75) is 121 Å². The first-order valence-electron chi connectivity index (χ1n) is 15.8. The van der Waals surface area contributed by atoms with Gasteiger partial charge in [-0.3, -0.25) is 4.79 Å². The lowest BCUT2D eigenvalue weighted by molar-refractivity contribution is -0.137. The SMILES string of the molecule is CCCCCCc1cnc(-c2ccc(-c3ccc(C4(CCCCCCCCC(=O)O)CCCC4)cc3)cc2)nc1. The molecule has 0 bridgehead atoms. The summed E-state index contributed by atoms with van der Waals surface area (Å²) in [7, 11) is 0. The van der Waals surface area contributed by atoms with Crippen LogP contribution in [0.1, 0.15) is 121 Å². The van der Waals surface area contributed by atoms with Crippen LogP contribution in [0.15, 0.2) is 60.9 Å². The number of aliphatic carboxylic acids is 1. The fourth-order valence-corrected chi connectivity index (χ4v) is 6.40. The second-order valence-electron chi connectivity index (χ2n) is 11.9. The Kier molecular flexibility index (Phi) is 11.8. The normalized spacial score (nSPS) is 14.4. The maximum Gasteiger partial charge on any atom is 0.303 e. The Morgan fingerprint density at radius 3 is 1.90 bits per heavy atom. The fraction of sp³-hybridized carbons (Fsp3) is 0.528. The number of benzene rings is 2. The molecule has 1 fully saturated rings. The van der Waals surface area contributed by atoms with Gasteiger partial charge in [-0.25, -0.2) is 9.97 Å². The first-order chi connectivity index (χ1) is 19.6. The Morgan fingerprint density at radius 1 is 0.725 bits per heavy atom. The Hall–Kier alpha value is -3.01. The molecule has 0 saturated heterocycles. The minimum absolute atomic E-state index is 0.310. The van der Waals surface area contributed by atoms with Gasteiger partial charge >= 0.3 is 5.97 Å². The summed E-state index contributed by atoms with van der Waals surface area (Å²) in [5.41, 5.74) is 6.62. The smallest absolute Gasteiger partial charge is 0.303 e. The van der Waals surface area contributed by atoms with Crippen LogP contribution in [0.2, 0.25) is 0 Å². The van der Waals surface area contributed by atoms with E-state index in [9.17, 15) is 4.79 Å². The van der Waals surface area contributed by atoms with Gasteiger partial charge in [-0.15, -0.1) is 0 Å². The van der Waals surface area contributed by atoms with Crippen LogP contribution < -0.4 is 0 Å². The van der Waals surface area contributed by atoms with Gasteiger partial charge < -0.3 is 5.11 Å². The summed E-state index contributed by atoms with van der Waals surface area (Å²) in [5, 5.41) is 8.78. The summed E-state index contributed by atoms with van der Waals surface area (Å²) in [6, 6.07) is 18.0. The number of hydrogen-bond acceptors (Lipinski definition) is 3. The molecule has 40 heavy (non-hydrogen) atoms. The molecule has 1 saturated carbocycles. The van der Waals surface area contributed by atoms with E-state index in [1.165, 1.54) is 99.3 Å². The van der Waals surface area contributed by atoms with Crippen molar-refractivity contribution in [3.8, 4) is 22.5 Å². The molecule has 0 aliphatic heterocycles. The average Bonchev–Trinajstić information content (AvgIpc) is 3.47. The minimum Gasteiger partial charge on any atom is -0.481 e. The monoisotopic (exact) mass is 540 g/mol. The molecule has 4 heteroatoms. The maximum atomic E-state index is 10.7. The molecule has 214 valence electrons. The van der Waals surface area contributed by atoms with Gasteiger partial charge in [0.15, 0.2) is 5.82 Å². The van der Waals surface area contributed by atoms with Crippen molar-refractivity contribution in [3.63, 3.8) is 0 Å². The van der Waals surface area contributed by atoms with Crippen molar-refractivity contribution in [2.75, 3.05) is 0 Å². The molecule has 2 aromatic carbocycles. The van der Waals surface area contributed by atoms with Crippen molar-refractivity contribution in [1.29, 1.82) is 0 Å². The highest BCUT2D eigenvalue weighted by molar-refractivity contribution is 5.68. The molecular formula is C36H48N2O2. The number of aromatic nitrogens is 2. The number of rotatable bonds is 17. The topological polar surface area (TPSA) is 63.1 Å². The van der Waals surface area contributed by atoms with E-state index < -0.39 is 5.97 Å². The Labute approximate surface area is 241 Å². The highest BCUT2D eigenvalue weighted by atomic mass is 16.4. The molecule has 0 radical (unpaired) electrons. The summed E-state index contributed by atoms with van der Waals surface area (Å²) in [5.74, 6) is 0.123. The number of aryl methyl sites for hydroxylation is 1. The highest BCUT2D eigenvalue weighted by Crippen LogP contribution is 2.45. The molecule has 1 N–H and O–H groups in total. The van der Waals surface area contributed by atoms with Gasteiger partial charge in [-0.05, 0) is 66.2 Å². The van der Waals surface area contributed by atoms with E-state index in [4.69, 9.17) is 5.11 Å². The third kappa shape index (κ3) is 8.74. The van der Waals surface area contributed by atoms with Crippen molar-refractivity contribution in [1.82, 2.24) is 9.97 Å². The van der Waals surface area contributed by atoms with Gasteiger partial charge in [0, 0.05) is 24.4 Å². The first-order valence-corrected chi connectivity index (χ1v) is 15.8. The molecule has 4 rings (SSSR count). The molecule has 0 atom stereocenters. The zero-order valence-corrected chi connectivity index (χ0v) is 24.5. The lowest BCUT2D eigenvalue weighted by Crippen LogP contribution is -2.21. The summed E-state index contributed by atoms with van der Waals surface area (Å²) >= 11 is 0. The number of nitrogens with zero attached hydrogens (tertiary/aromatic N) is 2. The maximum absolute atomic E-state index is 10.7. The second kappa shape index (κ2) is 15.7. The third-order valence-corrected chi connectivity index (χ3v) is 8.85. The standard InChI is InChI=1S/C36H48N2O2/c1-2-3-4-9-14-29-27-37-35(38-28-29)32-18-16-30(17-19-32)31-20-22-33(23-21-31)36(25-12-13-26-36)24-11-8-6-5-7-10-15-34(39)40/h16-23,27-28H,2-15,24-26H2,1H3,(H,39,40). The van der Waals surface area contributed by atoms with Gasteiger partial charge in [0.2, 0.25) is 0 Å². The molecule has 4 nitrogen and oxygen atoms in total. The van der Waals surface area contributed by atoms with E-state index in [1.54, 1.807) is 0 Å². The van der Waals surface area contributed by atoms with Crippen LogP contribution in [0.3, 0.4) is 0 Å². The largest absolute Gasteiger partial charge is 0.481 e. The van der Waals surface area contributed by atoms with Gasteiger partial charge in [0.05, 0.1) is 0 Å².